The Labute approximate surface area is 78.5 Å². The summed E-state index contributed by atoms with van der Waals surface area (Å²) in [5.41, 5.74) is 0. The maximum Gasteiger partial charge on any atom is 0.100 e. The number of fused-ring (bicyclic) bond motifs is 2. The molecule has 0 aromatic heterocycles. The van der Waals surface area contributed by atoms with Crippen molar-refractivity contribution in [1.82, 2.24) is 0 Å². The van der Waals surface area contributed by atoms with Gasteiger partial charge in [-0.05, 0) is 0 Å². The highest BCUT2D eigenvalue weighted by Crippen LogP contribution is 2.36. The van der Waals surface area contributed by atoms with Crippen LogP contribution in [0.2, 0.25) is 0 Å². The van der Waals surface area contributed by atoms with E-state index < -0.39 is 0 Å². The quantitative estimate of drug-likeness (QED) is 0.565. The van der Waals surface area contributed by atoms with E-state index in [9.17, 15) is 5.11 Å². The minimum atomic E-state index is -0.0213. The third kappa shape index (κ3) is 1.28. The van der Waals surface area contributed by atoms with Crippen molar-refractivity contribution in [1.29, 1.82) is 0 Å². The standard InChI is InChI=1S/C9H18NOS/c1-10(2)7-3-9(11)4-8(10)6-12-5-7/h7-9,11H,3-6H2,1-2H3/q+1/t7-,8-/m0/s1. The number of aliphatic hydroxyl groups excluding tert-OH is 1. The Bertz CT molecular complexity index is 167. The molecule has 2 bridgehead atoms. The number of aliphatic hydroxyl groups is 1. The first kappa shape index (κ1) is 8.85. The smallest absolute Gasteiger partial charge is 0.100 e. The Balaban J connectivity index is 2.18. The molecule has 0 unspecified atom stereocenters. The third-order valence-electron chi connectivity index (χ3n) is 3.59. The molecule has 2 saturated heterocycles. The van der Waals surface area contributed by atoms with Crippen molar-refractivity contribution in [2.45, 2.75) is 31.0 Å². The van der Waals surface area contributed by atoms with E-state index in [0.717, 1.165) is 17.3 Å². The van der Waals surface area contributed by atoms with Gasteiger partial charge in [0.1, 0.15) is 12.1 Å². The van der Waals surface area contributed by atoms with Crippen LogP contribution in [0, 0.1) is 0 Å². The molecular weight excluding hydrogens is 170 g/mol. The van der Waals surface area contributed by atoms with Crippen molar-refractivity contribution in [2.24, 2.45) is 0 Å². The second-order valence-electron chi connectivity index (χ2n) is 4.60. The van der Waals surface area contributed by atoms with Crippen LogP contribution in [0.5, 0.6) is 0 Å². The molecule has 2 fully saturated rings. The fraction of sp³-hybridized carbons (Fsp3) is 1.00. The van der Waals surface area contributed by atoms with E-state index in [1.165, 1.54) is 11.5 Å². The van der Waals surface area contributed by atoms with Crippen LogP contribution in [-0.2, 0) is 0 Å². The highest BCUT2D eigenvalue weighted by Gasteiger charge is 2.45. The molecule has 2 aliphatic heterocycles. The van der Waals surface area contributed by atoms with E-state index in [2.05, 4.69) is 25.9 Å². The molecule has 12 heavy (non-hydrogen) atoms. The van der Waals surface area contributed by atoms with Gasteiger partial charge >= 0.3 is 0 Å². The molecule has 2 atom stereocenters. The first-order valence-electron chi connectivity index (χ1n) is 4.70. The summed E-state index contributed by atoms with van der Waals surface area (Å²) in [6, 6.07) is 1.38. The van der Waals surface area contributed by atoms with Crippen LogP contribution in [0.4, 0.5) is 0 Å². The molecule has 0 radical (unpaired) electrons. The molecule has 0 aromatic rings. The lowest BCUT2D eigenvalue weighted by Crippen LogP contribution is -2.65. The minimum Gasteiger partial charge on any atom is -0.393 e. The van der Waals surface area contributed by atoms with Crippen molar-refractivity contribution >= 4 is 11.8 Å². The zero-order valence-electron chi connectivity index (χ0n) is 7.86. The average molecular weight is 188 g/mol. The van der Waals surface area contributed by atoms with Crippen molar-refractivity contribution < 1.29 is 9.59 Å². The second-order valence-corrected chi connectivity index (χ2v) is 5.67. The molecule has 0 amide bonds. The highest BCUT2D eigenvalue weighted by molar-refractivity contribution is 7.99. The molecule has 0 spiro atoms. The van der Waals surface area contributed by atoms with Crippen LogP contribution in [0.25, 0.3) is 0 Å². The number of thioether (sulfide) groups is 1. The lowest BCUT2D eigenvalue weighted by molar-refractivity contribution is -0.941. The predicted molar refractivity (Wildman–Crippen MR) is 52.3 cm³/mol. The first-order chi connectivity index (χ1) is 5.60. The van der Waals surface area contributed by atoms with Gasteiger partial charge in [-0.15, -0.1) is 11.8 Å². The average Bonchev–Trinajstić information content (AvgIpc) is 1.92. The summed E-state index contributed by atoms with van der Waals surface area (Å²) in [6.45, 7) is 0. The molecule has 2 nitrogen and oxygen atoms in total. The SMILES string of the molecule is C[N+]1(C)[C@@H]2CSC[C@@H]1CC(O)C2. The predicted octanol–water partition coefficient (Wildman–Crippen LogP) is 0.702. The van der Waals surface area contributed by atoms with Gasteiger partial charge in [0.2, 0.25) is 0 Å². The second kappa shape index (κ2) is 2.89. The number of hydrogen-bond acceptors (Lipinski definition) is 2. The highest BCUT2D eigenvalue weighted by atomic mass is 32.2. The van der Waals surface area contributed by atoms with Gasteiger partial charge in [0.25, 0.3) is 0 Å². The van der Waals surface area contributed by atoms with Crippen molar-refractivity contribution in [3.8, 4) is 0 Å². The van der Waals surface area contributed by atoms with Crippen molar-refractivity contribution in [3.63, 3.8) is 0 Å². The molecule has 1 N–H and O–H groups in total. The molecule has 0 aliphatic carbocycles. The van der Waals surface area contributed by atoms with Gasteiger partial charge in [-0.2, -0.15) is 0 Å². The molecule has 70 valence electrons. The molecule has 0 aromatic carbocycles. The summed E-state index contributed by atoms with van der Waals surface area (Å²) in [5, 5.41) is 9.63. The number of piperidine rings is 1. The first-order valence-corrected chi connectivity index (χ1v) is 5.85. The van der Waals surface area contributed by atoms with Crippen LogP contribution < -0.4 is 0 Å². The van der Waals surface area contributed by atoms with Crippen LogP contribution in [0.15, 0.2) is 0 Å². The summed E-state index contributed by atoms with van der Waals surface area (Å²) in [6.07, 6.45) is 2.00. The maximum absolute atomic E-state index is 9.63. The Morgan fingerprint density at radius 1 is 1.17 bits per heavy atom. The molecule has 0 saturated carbocycles. The van der Waals surface area contributed by atoms with Gasteiger partial charge < -0.3 is 9.59 Å². The normalized spacial score (nSPS) is 45.8. The van der Waals surface area contributed by atoms with Crippen LogP contribution >= 0.6 is 11.8 Å². The molecule has 3 heteroatoms. The number of rotatable bonds is 0. The number of quaternary nitrogens is 1. The topological polar surface area (TPSA) is 20.2 Å². The summed E-state index contributed by atoms with van der Waals surface area (Å²) in [4.78, 5) is 0. The number of nitrogens with zero attached hydrogens (tertiary/aromatic N) is 1. The fourth-order valence-corrected chi connectivity index (χ4v) is 4.15. The zero-order chi connectivity index (χ0) is 8.77. The zero-order valence-corrected chi connectivity index (χ0v) is 8.68. The van der Waals surface area contributed by atoms with Crippen LogP contribution in [0.3, 0.4) is 0 Å². The lowest BCUT2D eigenvalue weighted by Gasteiger charge is -2.51. The van der Waals surface area contributed by atoms with Gasteiger partial charge in [0.05, 0.1) is 20.2 Å². The molecular formula is C9H18NOS+. The lowest BCUT2D eigenvalue weighted by atomic mass is 9.92. The monoisotopic (exact) mass is 188 g/mol. The van der Waals surface area contributed by atoms with Crippen LogP contribution in [-0.4, -0.2) is 53.4 Å². The van der Waals surface area contributed by atoms with Gasteiger partial charge in [-0.3, -0.25) is 0 Å². The summed E-state index contributed by atoms with van der Waals surface area (Å²) in [5.74, 6) is 2.47. The van der Waals surface area contributed by atoms with E-state index >= 15 is 0 Å². The van der Waals surface area contributed by atoms with Gasteiger partial charge in [-0.25, -0.2) is 0 Å². The largest absolute Gasteiger partial charge is 0.393 e. The Morgan fingerprint density at radius 2 is 1.67 bits per heavy atom. The van der Waals surface area contributed by atoms with E-state index in [4.69, 9.17) is 0 Å². The van der Waals surface area contributed by atoms with E-state index in [1.54, 1.807) is 0 Å². The maximum atomic E-state index is 9.63. The molecule has 2 rings (SSSR count). The molecule has 2 heterocycles. The van der Waals surface area contributed by atoms with Crippen molar-refractivity contribution in [3.05, 3.63) is 0 Å². The van der Waals surface area contributed by atoms with Gasteiger partial charge in [0.15, 0.2) is 0 Å². The molecule has 2 aliphatic rings. The summed E-state index contributed by atoms with van der Waals surface area (Å²) in [7, 11) is 4.64. The Morgan fingerprint density at radius 3 is 2.17 bits per heavy atom. The van der Waals surface area contributed by atoms with E-state index in [-0.39, 0.29) is 6.10 Å². The Hall–Kier alpha value is 0.270. The third-order valence-corrected chi connectivity index (χ3v) is 4.83. The summed E-state index contributed by atoms with van der Waals surface area (Å²) >= 11 is 2.06. The fourth-order valence-electron chi connectivity index (χ4n) is 2.43. The van der Waals surface area contributed by atoms with E-state index in [0.29, 0.717) is 12.1 Å². The number of hydrogen-bond donors (Lipinski definition) is 1. The van der Waals surface area contributed by atoms with Gasteiger partial charge in [0, 0.05) is 24.3 Å². The Kier molecular flexibility index (Phi) is 2.13. The minimum absolute atomic E-state index is 0.0213. The van der Waals surface area contributed by atoms with Gasteiger partial charge in [-0.1, -0.05) is 0 Å². The van der Waals surface area contributed by atoms with Crippen LogP contribution in [0.1, 0.15) is 12.8 Å². The van der Waals surface area contributed by atoms with E-state index in [1.807, 2.05) is 0 Å². The van der Waals surface area contributed by atoms with Crippen molar-refractivity contribution in [2.75, 3.05) is 25.6 Å². The summed E-state index contributed by atoms with van der Waals surface area (Å²) < 4.78 is 1.14.